The Labute approximate surface area is 95.8 Å². The zero-order valence-electron chi connectivity index (χ0n) is 9.48. The first-order valence-electron chi connectivity index (χ1n) is 5.36. The van der Waals surface area contributed by atoms with E-state index in [1.807, 2.05) is 4.90 Å². The summed E-state index contributed by atoms with van der Waals surface area (Å²) in [7, 11) is 0. The van der Waals surface area contributed by atoms with E-state index >= 15 is 0 Å². The first-order valence-corrected chi connectivity index (χ1v) is 5.36. The Morgan fingerprint density at radius 1 is 1.81 bits per heavy atom. The van der Waals surface area contributed by atoms with Gasteiger partial charge in [0, 0.05) is 6.54 Å². The van der Waals surface area contributed by atoms with Gasteiger partial charge < -0.3 is 15.2 Å². The van der Waals surface area contributed by atoms with Crippen LogP contribution in [0.25, 0.3) is 0 Å². The standard InChI is InChI=1S/C11H18N2O3/c1-3-4-12-11(15)9(2)13-5-6-16-8-10(13)7-14/h1,9-10,14H,4-8H2,2H3,(H,12,15). The van der Waals surface area contributed by atoms with Gasteiger partial charge in [0.2, 0.25) is 5.91 Å². The number of aliphatic hydroxyl groups is 1. The Bertz CT molecular complexity index is 275. The Hall–Kier alpha value is -1.09. The Balaban J connectivity index is 2.53. The van der Waals surface area contributed by atoms with Crippen LogP contribution in [0, 0.1) is 12.3 Å². The number of carbonyl (C=O) groups is 1. The number of hydrogen-bond acceptors (Lipinski definition) is 4. The molecular weight excluding hydrogens is 208 g/mol. The van der Waals surface area contributed by atoms with Crippen molar-refractivity contribution in [1.29, 1.82) is 0 Å². The summed E-state index contributed by atoms with van der Waals surface area (Å²) in [5.41, 5.74) is 0. The molecule has 16 heavy (non-hydrogen) atoms. The molecule has 1 rings (SSSR count). The van der Waals surface area contributed by atoms with Crippen LogP contribution in [0.3, 0.4) is 0 Å². The monoisotopic (exact) mass is 226 g/mol. The first kappa shape index (κ1) is 13.0. The van der Waals surface area contributed by atoms with Crippen LogP contribution in [0.2, 0.25) is 0 Å². The van der Waals surface area contributed by atoms with Gasteiger partial charge >= 0.3 is 0 Å². The molecule has 5 heteroatoms. The average molecular weight is 226 g/mol. The predicted molar refractivity (Wildman–Crippen MR) is 59.7 cm³/mol. The van der Waals surface area contributed by atoms with E-state index in [0.717, 1.165) is 0 Å². The second-order valence-corrected chi connectivity index (χ2v) is 3.75. The minimum Gasteiger partial charge on any atom is -0.395 e. The lowest BCUT2D eigenvalue weighted by Gasteiger charge is -2.37. The fourth-order valence-corrected chi connectivity index (χ4v) is 1.77. The van der Waals surface area contributed by atoms with Crippen molar-refractivity contribution >= 4 is 5.91 Å². The summed E-state index contributed by atoms with van der Waals surface area (Å²) >= 11 is 0. The summed E-state index contributed by atoms with van der Waals surface area (Å²) < 4.78 is 5.25. The van der Waals surface area contributed by atoms with Crippen LogP contribution in [0.15, 0.2) is 0 Å². The fraction of sp³-hybridized carbons (Fsp3) is 0.727. The highest BCUT2D eigenvalue weighted by Gasteiger charge is 2.29. The van der Waals surface area contributed by atoms with E-state index in [9.17, 15) is 9.90 Å². The van der Waals surface area contributed by atoms with Gasteiger partial charge in [0.1, 0.15) is 0 Å². The molecule has 0 aromatic rings. The summed E-state index contributed by atoms with van der Waals surface area (Å²) in [5.74, 6) is 2.24. The van der Waals surface area contributed by atoms with Gasteiger partial charge in [-0.1, -0.05) is 5.92 Å². The average Bonchev–Trinajstić information content (AvgIpc) is 2.34. The molecule has 1 fully saturated rings. The molecule has 90 valence electrons. The van der Waals surface area contributed by atoms with E-state index < -0.39 is 0 Å². The van der Waals surface area contributed by atoms with E-state index in [1.165, 1.54) is 0 Å². The number of carbonyl (C=O) groups excluding carboxylic acids is 1. The molecule has 0 bridgehead atoms. The molecule has 0 saturated carbocycles. The SMILES string of the molecule is C#CCNC(=O)C(C)N1CCOCC1CO. The van der Waals surface area contributed by atoms with Crippen LogP contribution in [0.4, 0.5) is 0 Å². The quantitative estimate of drug-likeness (QED) is 0.592. The van der Waals surface area contributed by atoms with E-state index in [2.05, 4.69) is 11.2 Å². The molecule has 2 unspecified atom stereocenters. The zero-order valence-corrected chi connectivity index (χ0v) is 9.48. The van der Waals surface area contributed by atoms with E-state index in [0.29, 0.717) is 19.8 Å². The van der Waals surface area contributed by atoms with Crippen molar-refractivity contribution in [3.05, 3.63) is 0 Å². The largest absolute Gasteiger partial charge is 0.395 e. The maximum atomic E-state index is 11.7. The Morgan fingerprint density at radius 3 is 3.19 bits per heavy atom. The van der Waals surface area contributed by atoms with Gasteiger partial charge in [0.25, 0.3) is 0 Å². The maximum Gasteiger partial charge on any atom is 0.237 e. The third kappa shape index (κ3) is 3.20. The van der Waals surface area contributed by atoms with Crippen LogP contribution in [-0.2, 0) is 9.53 Å². The predicted octanol–water partition coefficient (Wildman–Crippen LogP) is -1.18. The van der Waals surface area contributed by atoms with Gasteiger partial charge in [-0.05, 0) is 6.92 Å². The third-order valence-electron chi connectivity index (χ3n) is 2.73. The summed E-state index contributed by atoms with van der Waals surface area (Å²) in [6, 6.07) is -0.408. The second kappa shape index (κ2) is 6.48. The lowest BCUT2D eigenvalue weighted by Crippen LogP contribution is -2.56. The number of nitrogens with one attached hydrogen (secondary N) is 1. The van der Waals surface area contributed by atoms with Crippen LogP contribution in [-0.4, -0.2) is 60.9 Å². The van der Waals surface area contributed by atoms with Gasteiger partial charge in [-0.3, -0.25) is 9.69 Å². The molecular formula is C11H18N2O3. The van der Waals surface area contributed by atoms with Crippen molar-refractivity contribution in [2.24, 2.45) is 0 Å². The fourth-order valence-electron chi connectivity index (χ4n) is 1.77. The van der Waals surface area contributed by atoms with Crippen molar-refractivity contribution in [3.8, 4) is 12.3 Å². The molecule has 0 aromatic heterocycles. The van der Waals surface area contributed by atoms with E-state index in [-0.39, 0.29) is 31.1 Å². The maximum absolute atomic E-state index is 11.7. The lowest BCUT2D eigenvalue weighted by atomic mass is 10.1. The number of hydrogen-bond donors (Lipinski definition) is 2. The lowest BCUT2D eigenvalue weighted by molar-refractivity contribution is -0.130. The summed E-state index contributed by atoms with van der Waals surface area (Å²) in [6.45, 7) is 3.73. The number of nitrogens with zero attached hydrogens (tertiary/aromatic N) is 1. The number of morpholine rings is 1. The summed E-state index contributed by atoms with van der Waals surface area (Å²) in [5, 5.41) is 11.8. The highest BCUT2D eigenvalue weighted by atomic mass is 16.5. The molecule has 1 aliphatic heterocycles. The molecule has 2 atom stereocenters. The molecule has 1 amide bonds. The first-order chi connectivity index (χ1) is 7.70. The highest BCUT2D eigenvalue weighted by Crippen LogP contribution is 2.10. The van der Waals surface area contributed by atoms with Crippen molar-refractivity contribution in [3.63, 3.8) is 0 Å². The minimum absolute atomic E-state index is 0.00718. The molecule has 5 nitrogen and oxygen atoms in total. The molecule has 2 N–H and O–H groups in total. The summed E-state index contributed by atoms with van der Waals surface area (Å²) in [6.07, 6.45) is 5.07. The number of aliphatic hydroxyl groups excluding tert-OH is 1. The molecule has 1 aliphatic rings. The zero-order chi connectivity index (χ0) is 12.0. The number of amides is 1. The van der Waals surface area contributed by atoms with Crippen LogP contribution in [0.1, 0.15) is 6.92 Å². The second-order valence-electron chi connectivity index (χ2n) is 3.75. The topological polar surface area (TPSA) is 61.8 Å². The van der Waals surface area contributed by atoms with Gasteiger partial charge in [-0.25, -0.2) is 0 Å². The van der Waals surface area contributed by atoms with Gasteiger partial charge in [0.05, 0.1) is 38.4 Å². The van der Waals surface area contributed by atoms with Crippen molar-refractivity contribution < 1.29 is 14.6 Å². The van der Waals surface area contributed by atoms with Crippen LogP contribution in [0.5, 0.6) is 0 Å². The molecule has 0 spiro atoms. The Kier molecular flexibility index (Phi) is 5.26. The van der Waals surface area contributed by atoms with Crippen molar-refractivity contribution in [2.45, 2.75) is 19.0 Å². The molecule has 0 aliphatic carbocycles. The highest BCUT2D eigenvalue weighted by molar-refractivity contribution is 5.81. The van der Waals surface area contributed by atoms with Crippen LogP contribution < -0.4 is 5.32 Å². The number of rotatable bonds is 4. The van der Waals surface area contributed by atoms with Gasteiger partial charge in [0.15, 0.2) is 0 Å². The smallest absolute Gasteiger partial charge is 0.237 e. The summed E-state index contributed by atoms with van der Waals surface area (Å²) in [4.78, 5) is 13.6. The molecule has 0 radical (unpaired) electrons. The molecule has 0 aromatic carbocycles. The van der Waals surface area contributed by atoms with Crippen molar-refractivity contribution in [2.75, 3.05) is 32.9 Å². The van der Waals surface area contributed by atoms with Gasteiger partial charge in [-0.2, -0.15) is 0 Å². The normalized spacial score (nSPS) is 23.4. The minimum atomic E-state index is -0.297. The number of ether oxygens (including phenoxy) is 1. The van der Waals surface area contributed by atoms with E-state index in [4.69, 9.17) is 11.2 Å². The molecule has 1 saturated heterocycles. The van der Waals surface area contributed by atoms with Crippen LogP contribution >= 0.6 is 0 Å². The van der Waals surface area contributed by atoms with Gasteiger partial charge in [-0.15, -0.1) is 6.42 Å². The van der Waals surface area contributed by atoms with E-state index in [1.54, 1.807) is 6.92 Å². The number of terminal acetylenes is 1. The van der Waals surface area contributed by atoms with Crippen molar-refractivity contribution in [1.82, 2.24) is 10.2 Å². The molecule has 1 heterocycles. The Morgan fingerprint density at radius 2 is 2.56 bits per heavy atom. The third-order valence-corrected chi connectivity index (χ3v) is 2.73.